The van der Waals surface area contributed by atoms with Crippen molar-refractivity contribution in [3.8, 4) is 0 Å². The number of imidazole rings is 1. The van der Waals surface area contributed by atoms with Crippen LogP contribution < -0.4 is 5.32 Å². The lowest BCUT2D eigenvalue weighted by Gasteiger charge is -2.07. The quantitative estimate of drug-likeness (QED) is 0.746. The van der Waals surface area contributed by atoms with Gasteiger partial charge in [0.2, 0.25) is 0 Å². The van der Waals surface area contributed by atoms with Gasteiger partial charge in [-0.25, -0.2) is 9.97 Å². The number of anilines is 1. The molecule has 0 bridgehead atoms. The Morgan fingerprint density at radius 2 is 2.20 bits per heavy atom. The molecule has 0 radical (unpaired) electrons. The first-order valence-electron chi connectivity index (χ1n) is 6.15. The molecule has 0 saturated carbocycles. The smallest absolute Gasteiger partial charge is 0.169 e. The van der Waals surface area contributed by atoms with Crippen molar-refractivity contribution in [3.63, 3.8) is 0 Å². The van der Waals surface area contributed by atoms with Crippen molar-refractivity contribution in [3.05, 3.63) is 53.4 Å². The summed E-state index contributed by atoms with van der Waals surface area (Å²) in [7, 11) is 1.85. The van der Waals surface area contributed by atoms with Gasteiger partial charge >= 0.3 is 0 Å². The summed E-state index contributed by atoms with van der Waals surface area (Å²) >= 11 is 7.81. The Hall–Kier alpha value is -1.72. The first kappa shape index (κ1) is 13.3. The number of hydrogen-bond acceptors (Lipinski definition) is 4. The summed E-state index contributed by atoms with van der Waals surface area (Å²) in [6.07, 6.45) is 5.61. The van der Waals surface area contributed by atoms with E-state index < -0.39 is 0 Å². The van der Waals surface area contributed by atoms with E-state index in [0.29, 0.717) is 0 Å². The zero-order valence-electron chi connectivity index (χ0n) is 10.9. The number of fused-ring (bicyclic) bond motifs is 1. The summed E-state index contributed by atoms with van der Waals surface area (Å²) in [6, 6.07) is 7.85. The molecule has 3 rings (SSSR count). The minimum atomic E-state index is 0.766. The Kier molecular flexibility index (Phi) is 3.80. The van der Waals surface area contributed by atoms with Gasteiger partial charge in [-0.3, -0.25) is 0 Å². The van der Waals surface area contributed by atoms with Gasteiger partial charge in [0, 0.05) is 30.2 Å². The van der Waals surface area contributed by atoms with E-state index in [2.05, 4.69) is 15.3 Å². The molecule has 3 aromatic rings. The van der Waals surface area contributed by atoms with Crippen LogP contribution in [0.1, 0.15) is 5.56 Å². The van der Waals surface area contributed by atoms with E-state index in [1.54, 1.807) is 18.0 Å². The maximum atomic E-state index is 6.18. The monoisotopic (exact) mass is 304 g/mol. The van der Waals surface area contributed by atoms with Gasteiger partial charge in [0.05, 0.1) is 6.20 Å². The Bertz CT molecular complexity index is 741. The van der Waals surface area contributed by atoms with Gasteiger partial charge in [-0.2, -0.15) is 0 Å². The van der Waals surface area contributed by atoms with Crippen molar-refractivity contribution in [1.82, 2.24) is 14.4 Å². The number of benzene rings is 1. The number of halogens is 1. The molecule has 6 heteroatoms. The van der Waals surface area contributed by atoms with Crippen molar-refractivity contribution in [2.24, 2.45) is 0 Å². The maximum absolute atomic E-state index is 6.18. The lowest BCUT2D eigenvalue weighted by atomic mass is 10.2. The second-order valence-corrected chi connectivity index (χ2v) is 5.59. The van der Waals surface area contributed by atoms with E-state index >= 15 is 0 Å². The van der Waals surface area contributed by atoms with Gasteiger partial charge in [0.25, 0.3) is 0 Å². The van der Waals surface area contributed by atoms with Crippen LogP contribution in [0.15, 0.2) is 47.9 Å². The molecule has 1 aromatic carbocycles. The summed E-state index contributed by atoms with van der Waals surface area (Å²) in [5, 5.41) is 4.73. The topological polar surface area (TPSA) is 42.2 Å². The molecular formula is C14H13ClN4S. The standard InChI is InChI=1S/C14H13ClN4S/c1-16-12-8-19-7-6-17-13(19)14(18-12)20-9-10-4-2-3-5-11(10)15/h2-8,16H,9H2,1H3. The third kappa shape index (κ3) is 2.59. The molecule has 2 heterocycles. The number of thioether (sulfide) groups is 1. The number of hydrogen-bond donors (Lipinski definition) is 1. The van der Waals surface area contributed by atoms with Crippen LogP contribution in [-0.4, -0.2) is 21.4 Å². The third-order valence-electron chi connectivity index (χ3n) is 2.92. The predicted octanol–water partition coefficient (Wildman–Crippen LogP) is 3.72. The summed E-state index contributed by atoms with van der Waals surface area (Å²) < 4.78 is 1.97. The second-order valence-electron chi connectivity index (χ2n) is 4.22. The highest BCUT2D eigenvalue weighted by atomic mass is 35.5. The van der Waals surface area contributed by atoms with Gasteiger partial charge in [-0.05, 0) is 11.6 Å². The summed E-state index contributed by atoms with van der Waals surface area (Å²) in [5.74, 6) is 1.58. The summed E-state index contributed by atoms with van der Waals surface area (Å²) in [5.41, 5.74) is 1.96. The van der Waals surface area contributed by atoms with E-state index in [0.717, 1.165) is 32.8 Å². The van der Waals surface area contributed by atoms with Crippen LogP contribution >= 0.6 is 23.4 Å². The number of nitrogens with zero attached hydrogens (tertiary/aromatic N) is 3. The highest BCUT2D eigenvalue weighted by Gasteiger charge is 2.09. The SMILES string of the molecule is CNc1cn2ccnc2c(SCc2ccccc2Cl)n1. The fraction of sp³-hybridized carbons (Fsp3) is 0.143. The van der Waals surface area contributed by atoms with Crippen molar-refractivity contribution >= 4 is 34.8 Å². The fourth-order valence-electron chi connectivity index (χ4n) is 1.88. The molecule has 0 atom stereocenters. The van der Waals surface area contributed by atoms with Crippen molar-refractivity contribution in [2.45, 2.75) is 10.8 Å². The first-order valence-corrected chi connectivity index (χ1v) is 7.52. The summed E-state index contributed by atoms with van der Waals surface area (Å²) in [4.78, 5) is 8.91. The van der Waals surface area contributed by atoms with E-state index in [1.807, 2.05) is 48.1 Å². The molecule has 0 fully saturated rings. The van der Waals surface area contributed by atoms with Gasteiger partial charge in [-0.1, -0.05) is 41.6 Å². The van der Waals surface area contributed by atoms with Gasteiger partial charge in [-0.15, -0.1) is 0 Å². The van der Waals surface area contributed by atoms with Crippen LogP contribution in [-0.2, 0) is 5.75 Å². The molecule has 1 N–H and O–H groups in total. The van der Waals surface area contributed by atoms with E-state index in [9.17, 15) is 0 Å². The zero-order valence-corrected chi connectivity index (χ0v) is 12.4. The molecule has 0 amide bonds. The van der Waals surface area contributed by atoms with Crippen LogP contribution in [0.2, 0.25) is 5.02 Å². The highest BCUT2D eigenvalue weighted by Crippen LogP contribution is 2.28. The van der Waals surface area contributed by atoms with Crippen LogP contribution in [0.4, 0.5) is 5.82 Å². The molecule has 0 spiro atoms. The molecule has 0 aliphatic heterocycles. The van der Waals surface area contributed by atoms with E-state index in [4.69, 9.17) is 11.6 Å². The van der Waals surface area contributed by atoms with Crippen molar-refractivity contribution in [2.75, 3.05) is 12.4 Å². The molecule has 0 unspecified atom stereocenters. The Morgan fingerprint density at radius 3 is 3.00 bits per heavy atom. The molecular weight excluding hydrogens is 292 g/mol. The summed E-state index contributed by atoms with van der Waals surface area (Å²) in [6.45, 7) is 0. The van der Waals surface area contributed by atoms with Crippen LogP contribution in [0.5, 0.6) is 0 Å². The minimum absolute atomic E-state index is 0.766. The van der Waals surface area contributed by atoms with Crippen LogP contribution in [0, 0.1) is 0 Å². The molecule has 0 saturated heterocycles. The fourth-order valence-corrected chi connectivity index (χ4v) is 3.16. The van der Waals surface area contributed by atoms with Gasteiger partial charge < -0.3 is 9.72 Å². The molecule has 20 heavy (non-hydrogen) atoms. The molecule has 102 valence electrons. The second kappa shape index (κ2) is 5.73. The lowest BCUT2D eigenvalue weighted by molar-refractivity contribution is 1.03. The van der Waals surface area contributed by atoms with Crippen LogP contribution in [0.3, 0.4) is 0 Å². The molecule has 0 aliphatic carbocycles. The Labute approximate surface area is 126 Å². The average molecular weight is 305 g/mol. The number of rotatable bonds is 4. The zero-order chi connectivity index (χ0) is 13.9. The number of aromatic nitrogens is 3. The van der Waals surface area contributed by atoms with Gasteiger partial charge in [0.1, 0.15) is 10.8 Å². The predicted molar refractivity (Wildman–Crippen MR) is 83.5 cm³/mol. The highest BCUT2D eigenvalue weighted by molar-refractivity contribution is 7.98. The van der Waals surface area contributed by atoms with Gasteiger partial charge in [0.15, 0.2) is 5.65 Å². The Morgan fingerprint density at radius 1 is 1.35 bits per heavy atom. The normalized spacial score (nSPS) is 10.9. The largest absolute Gasteiger partial charge is 0.372 e. The molecule has 0 aliphatic rings. The number of nitrogens with one attached hydrogen (secondary N) is 1. The Balaban J connectivity index is 1.90. The third-order valence-corrected chi connectivity index (χ3v) is 4.29. The minimum Gasteiger partial charge on any atom is -0.372 e. The average Bonchev–Trinajstić information content (AvgIpc) is 2.94. The van der Waals surface area contributed by atoms with Crippen molar-refractivity contribution in [1.29, 1.82) is 0 Å². The molecule has 4 nitrogen and oxygen atoms in total. The van der Waals surface area contributed by atoms with Crippen LogP contribution in [0.25, 0.3) is 5.65 Å². The lowest BCUT2D eigenvalue weighted by Crippen LogP contribution is -1.98. The van der Waals surface area contributed by atoms with Crippen molar-refractivity contribution < 1.29 is 0 Å². The molecule has 2 aromatic heterocycles. The van der Waals surface area contributed by atoms with E-state index in [-0.39, 0.29) is 0 Å². The van der Waals surface area contributed by atoms with E-state index in [1.165, 1.54) is 0 Å². The maximum Gasteiger partial charge on any atom is 0.169 e. The first-order chi connectivity index (χ1) is 9.78.